The third-order valence-electron chi connectivity index (χ3n) is 2.74. The largest absolute Gasteiger partial charge is 0.478 e. The Bertz CT molecular complexity index is 566. The Morgan fingerprint density at radius 1 is 1.35 bits per heavy atom. The van der Waals surface area contributed by atoms with Gasteiger partial charge < -0.3 is 15.7 Å². The molecule has 20 heavy (non-hydrogen) atoms. The van der Waals surface area contributed by atoms with Crippen LogP contribution in [0.15, 0.2) is 22.7 Å². The van der Waals surface area contributed by atoms with Gasteiger partial charge in [-0.25, -0.2) is 4.79 Å². The van der Waals surface area contributed by atoms with Crippen LogP contribution in [-0.4, -0.2) is 42.0 Å². The van der Waals surface area contributed by atoms with Crippen molar-refractivity contribution in [3.05, 3.63) is 28.2 Å². The first-order valence-electron chi connectivity index (χ1n) is 5.80. The fraction of sp³-hybridized carbons (Fsp3) is 0.250. The number of carboxylic acids is 1. The number of aromatic carboxylic acids is 1. The highest BCUT2D eigenvalue weighted by Gasteiger charge is 2.23. The topological polar surface area (TPSA) is 108 Å². The lowest BCUT2D eigenvalue weighted by Gasteiger charge is -2.23. The molecule has 1 atom stereocenters. The van der Waals surface area contributed by atoms with E-state index in [9.17, 15) is 14.4 Å². The maximum atomic E-state index is 12.0. The van der Waals surface area contributed by atoms with Crippen molar-refractivity contribution < 1.29 is 19.5 Å². The zero-order chi connectivity index (χ0) is 14.7. The molecule has 2 amide bonds. The molecule has 0 aliphatic carbocycles. The second kappa shape index (κ2) is 6.02. The molecule has 1 aromatic rings. The van der Waals surface area contributed by atoms with Crippen molar-refractivity contribution in [3.8, 4) is 0 Å². The molecule has 7 nitrogen and oxygen atoms in total. The average Bonchev–Trinajstić information content (AvgIpc) is 2.38. The monoisotopic (exact) mass is 341 g/mol. The highest BCUT2D eigenvalue weighted by atomic mass is 79.9. The summed E-state index contributed by atoms with van der Waals surface area (Å²) in [5.74, 6) is -1.58. The molecule has 2 rings (SSSR count). The molecule has 1 aliphatic rings. The van der Waals surface area contributed by atoms with Gasteiger partial charge in [-0.05, 0) is 18.2 Å². The highest BCUT2D eigenvalue weighted by Crippen LogP contribution is 2.20. The first-order valence-corrected chi connectivity index (χ1v) is 6.60. The molecular formula is C12H12BrN3O4. The van der Waals surface area contributed by atoms with E-state index < -0.39 is 12.0 Å². The predicted molar refractivity (Wildman–Crippen MR) is 74.5 cm³/mol. The van der Waals surface area contributed by atoms with Crippen LogP contribution in [-0.2, 0) is 9.59 Å². The summed E-state index contributed by atoms with van der Waals surface area (Å²) in [5.41, 5.74) is 0.444. The van der Waals surface area contributed by atoms with Crippen molar-refractivity contribution >= 4 is 39.4 Å². The van der Waals surface area contributed by atoms with E-state index in [-0.39, 0.29) is 30.5 Å². The third kappa shape index (κ3) is 3.55. The summed E-state index contributed by atoms with van der Waals surface area (Å²) in [4.78, 5) is 33.9. The lowest BCUT2D eigenvalue weighted by atomic mass is 10.2. The molecule has 1 aliphatic heterocycles. The minimum absolute atomic E-state index is 0.0691. The van der Waals surface area contributed by atoms with Gasteiger partial charge in [-0.3, -0.25) is 14.9 Å². The maximum absolute atomic E-state index is 12.0. The molecular weight excluding hydrogens is 330 g/mol. The van der Waals surface area contributed by atoms with Crippen LogP contribution in [0.5, 0.6) is 0 Å². The number of anilines is 1. The van der Waals surface area contributed by atoms with Gasteiger partial charge in [0, 0.05) is 16.7 Å². The van der Waals surface area contributed by atoms with Crippen LogP contribution in [0.3, 0.4) is 0 Å². The molecule has 0 radical (unpaired) electrons. The van der Waals surface area contributed by atoms with E-state index in [1.807, 2.05) is 0 Å². The minimum atomic E-state index is -1.08. The molecule has 1 aromatic carbocycles. The normalized spacial score (nSPS) is 18.2. The first-order chi connectivity index (χ1) is 9.45. The van der Waals surface area contributed by atoms with Crippen molar-refractivity contribution in [3.63, 3.8) is 0 Å². The van der Waals surface area contributed by atoms with Gasteiger partial charge in [0.25, 0.3) is 0 Å². The zero-order valence-electron chi connectivity index (χ0n) is 10.3. The first kappa shape index (κ1) is 14.5. The number of carbonyl (C=O) groups is 3. The summed E-state index contributed by atoms with van der Waals surface area (Å²) >= 11 is 3.19. The number of hydrogen-bond donors (Lipinski definition) is 4. The van der Waals surface area contributed by atoms with E-state index in [2.05, 4.69) is 31.9 Å². The molecule has 8 heteroatoms. The second-order valence-electron chi connectivity index (χ2n) is 4.26. The Labute approximate surface area is 122 Å². The van der Waals surface area contributed by atoms with E-state index in [1.165, 1.54) is 12.1 Å². The van der Waals surface area contributed by atoms with Gasteiger partial charge in [-0.1, -0.05) is 15.9 Å². The second-order valence-corrected chi connectivity index (χ2v) is 5.18. The van der Waals surface area contributed by atoms with Crippen LogP contribution in [0, 0.1) is 0 Å². The van der Waals surface area contributed by atoms with Gasteiger partial charge in [0.1, 0.15) is 6.04 Å². The van der Waals surface area contributed by atoms with Crippen molar-refractivity contribution in [2.24, 2.45) is 0 Å². The van der Waals surface area contributed by atoms with Crippen LogP contribution in [0.1, 0.15) is 10.4 Å². The van der Waals surface area contributed by atoms with Gasteiger partial charge >= 0.3 is 5.97 Å². The molecule has 4 N–H and O–H groups in total. The van der Waals surface area contributed by atoms with Crippen molar-refractivity contribution in [1.82, 2.24) is 10.6 Å². The molecule has 106 valence electrons. The molecule has 0 aromatic heterocycles. The summed E-state index contributed by atoms with van der Waals surface area (Å²) in [6.45, 7) is 0.279. The summed E-state index contributed by atoms with van der Waals surface area (Å²) in [7, 11) is 0. The zero-order valence-corrected chi connectivity index (χ0v) is 11.9. The Morgan fingerprint density at radius 3 is 2.70 bits per heavy atom. The Kier molecular flexibility index (Phi) is 4.35. The average molecular weight is 342 g/mol. The molecule has 0 bridgehead atoms. The number of amides is 2. The molecule has 1 saturated heterocycles. The van der Waals surface area contributed by atoms with E-state index in [1.54, 1.807) is 6.07 Å². The number of halogens is 1. The van der Waals surface area contributed by atoms with E-state index >= 15 is 0 Å². The van der Waals surface area contributed by atoms with E-state index in [0.29, 0.717) is 10.2 Å². The Balaban J connectivity index is 2.07. The predicted octanol–water partition coefficient (Wildman–Crippen LogP) is 0.174. The summed E-state index contributed by atoms with van der Waals surface area (Å²) in [5, 5.41) is 16.9. The van der Waals surface area contributed by atoms with Gasteiger partial charge in [0.05, 0.1) is 12.1 Å². The molecule has 1 fully saturated rings. The van der Waals surface area contributed by atoms with Crippen molar-refractivity contribution in [2.75, 3.05) is 18.4 Å². The smallest absolute Gasteiger partial charge is 0.335 e. The molecule has 0 saturated carbocycles. The van der Waals surface area contributed by atoms with Gasteiger partial charge in [-0.15, -0.1) is 0 Å². The van der Waals surface area contributed by atoms with Gasteiger partial charge in [0.2, 0.25) is 11.8 Å². The summed E-state index contributed by atoms with van der Waals surface area (Å²) in [6.07, 6.45) is 0. The van der Waals surface area contributed by atoms with Crippen LogP contribution in [0.4, 0.5) is 5.69 Å². The van der Waals surface area contributed by atoms with Crippen LogP contribution >= 0.6 is 15.9 Å². The van der Waals surface area contributed by atoms with Crippen LogP contribution < -0.4 is 16.0 Å². The van der Waals surface area contributed by atoms with Crippen LogP contribution in [0.25, 0.3) is 0 Å². The lowest BCUT2D eigenvalue weighted by molar-refractivity contribution is -0.124. The highest BCUT2D eigenvalue weighted by molar-refractivity contribution is 9.10. The fourth-order valence-corrected chi connectivity index (χ4v) is 2.26. The van der Waals surface area contributed by atoms with E-state index in [4.69, 9.17) is 5.11 Å². The SMILES string of the molecule is O=C1CNC(C(=O)Nc2cc(Br)cc(C(=O)O)c2)CN1. The number of carboxylic acid groups (broad SMARTS) is 1. The lowest BCUT2D eigenvalue weighted by Crippen LogP contribution is -2.56. The molecule has 1 heterocycles. The van der Waals surface area contributed by atoms with E-state index in [0.717, 1.165) is 0 Å². The summed E-state index contributed by atoms with van der Waals surface area (Å²) in [6, 6.07) is 3.87. The maximum Gasteiger partial charge on any atom is 0.335 e. The summed E-state index contributed by atoms with van der Waals surface area (Å²) < 4.78 is 0.553. The molecule has 1 unspecified atom stereocenters. The van der Waals surface area contributed by atoms with Crippen LogP contribution in [0.2, 0.25) is 0 Å². The van der Waals surface area contributed by atoms with Gasteiger partial charge in [0.15, 0.2) is 0 Å². The Hall–Kier alpha value is -1.93. The van der Waals surface area contributed by atoms with Crippen molar-refractivity contribution in [2.45, 2.75) is 6.04 Å². The minimum Gasteiger partial charge on any atom is -0.478 e. The number of nitrogens with one attached hydrogen (secondary N) is 3. The number of benzene rings is 1. The molecule has 0 spiro atoms. The van der Waals surface area contributed by atoms with Crippen molar-refractivity contribution in [1.29, 1.82) is 0 Å². The number of hydrogen-bond acceptors (Lipinski definition) is 4. The number of piperazine rings is 1. The third-order valence-corrected chi connectivity index (χ3v) is 3.20. The number of rotatable bonds is 3. The number of carbonyl (C=O) groups excluding carboxylic acids is 2. The van der Waals surface area contributed by atoms with Gasteiger partial charge in [-0.2, -0.15) is 0 Å². The quantitative estimate of drug-likeness (QED) is 0.627. The fourth-order valence-electron chi connectivity index (χ4n) is 1.77. The Morgan fingerprint density at radius 2 is 2.10 bits per heavy atom. The standard InChI is InChI=1S/C12H12BrN3O4/c13-7-1-6(12(19)20)2-8(3-7)16-11(18)9-4-15-10(17)5-14-9/h1-3,9,14H,4-5H2,(H,15,17)(H,16,18)(H,19,20).